The molecule has 148 valence electrons. The molecule has 0 radical (unpaired) electrons. The topological polar surface area (TPSA) is 61.4 Å². The van der Waals surface area contributed by atoms with Crippen LogP contribution in [0, 0.1) is 6.92 Å². The zero-order valence-corrected chi connectivity index (χ0v) is 16.9. The molecular formula is C22H29N5O. The molecule has 2 aromatic rings. The lowest BCUT2D eigenvalue weighted by atomic mass is 9.91. The first kappa shape index (κ1) is 20.0. The summed E-state index contributed by atoms with van der Waals surface area (Å²) in [4.78, 5) is 25.4. The first-order chi connectivity index (χ1) is 13.5. The Kier molecular flexibility index (Phi) is 6.76. The molecule has 0 spiro atoms. The number of piperidine rings is 1. The van der Waals surface area contributed by atoms with Gasteiger partial charge >= 0.3 is 0 Å². The molecule has 1 atom stereocenters. The molecule has 6 heteroatoms. The van der Waals surface area contributed by atoms with Gasteiger partial charge in [0.05, 0.1) is 0 Å². The van der Waals surface area contributed by atoms with Crippen molar-refractivity contribution in [2.24, 2.45) is 0 Å². The number of carbonyl (C=O) groups excluding carboxylic acids is 1. The standard InChI is InChI=1S/C22H29N5O/c1-17-7-4-9-20(24-17)25-21-15-18(11-12-23-21)19-8-5-14-27(16-19)22(28)10-6-13-26(2)3/h4,6-7,9-12,15,19H,5,8,13-14,16H2,1-3H3,(H,23,24,25)/b10-6+/t19-/m0/s1. The second-order valence-corrected chi connectivity index (χ2v) is 7.55. The number of rotatable bonds is 6. The quantitative estimate of drug-likeness (QED) is 0.780. The Morgan fingerprint density at radius 3 is 2.96 bits per heavy atom. The second kappa shape index (κ2) is 9.46. The Hall–Kier alpha value is -2.73. The van der Waals surface area contributed by atoms with E-state index in [1.807, 2.05) is 61.3 Å². The van der Waals surface area contributed by atoms with Crippen molar-refractivity contribution >= 4 is 17.5 Å². The molecular weight excluding hydrogens is 350 g/mol. The highest BCUT2D eigenvalue weighted by molar-refractivity contribution is 5.87. The van der Waals surface area contributed by atoms with E-state index >= 15 is 0 Å². The molecule has 0 bridgehead atoms. The molecule has 0 aliphatic carbocycles. The molecule has 6 nitrogen and oxygen atoms in total. The van der Waals surface area contributed by atoms with Crippen LogP contribution in [0.1, 0.15) is 30.0 Å². The molecule has 1 fully saturated rings. The van der Waals surface area contributed by atoms with Gasteiger partial charge in [0.1, 0.15) is 11.6 Å². The Morgan fingerprint density at radius 2 is 2.18 bits per heavy atom. The number of nitrogens with one attached hydrogen (secondary N) is 1. The fraction of sp³-hybridized carbons (Fsp3) is 0.409. The van der Waals surface area contributed by atoms with Gasteiger partial charge in [0.25, 0.3) is 0 Å². The summed E-state index contributed by atoms with van der Waals surface area (Å²) < 4.78 is 0. The average molecular weight is 380 g/mol. The van der Waals surface area contributed by atoms with Crippen LogP contribution < -0.4 is 5.32 Å². The SMILES string of the molecule is Cc1cccc(Nc2cc([C@H]3CCCN(C(=O)/C=C/CN(C)C)C3)ccn2)n1. The second-order valence-electron chi connectivity index (χ2n) is 7.55. The number of likely N-dealkylation sites (tertiary alicyclic amines) is 1. The molecule has 1 aliphatic heterocycles. The molecule has 3 rings (SSSR count). The van der Waals surface area contributed by atoms with Crippen molar-refractivity contribution in [1.29, 1.82) is 0 Å². The predicted molar refractivity (Wildman–Crippen MR) is 113 cm³/mol. The van der Waals surface area contributed by atoms with Gasteiger partial charge in [-0.25, -0.2) is 9.97 Å². The molecule has 1 saturated heterocycles. The molecule has 1 aliphatic rings. The van der Waals surface area contributed by atoms with Crippen LogP contribution in [0.4, 0.5) is 11.6 Å². The Morgan fingerprint density at radius 1 is 1.32 bits per heavy atom. The molecule has 0 saturated carbocycles. The summed E-state index contributed by atoms with van der Waals surface area (Å²) in [5.41, 5.74) is 2.17. The molecule has 3 heterocycles. The third kappa shape index (κ3) is 5.63. The molecule has 2 aromatic heterocycles. The normalized spacial score (nSPS) is 17.3. The number of aryl methyl sites for hydroxylation is 1. The maximum Gasteiger partial charge on any atom is 0.246 e. The number of amides is 1. The number of likely N-dealkylation sites (N-methyl/N-ethyl adjacent to an activating group) is 1. The zero-order chi connectivity index (χ0) is 19.9. The van der Waals surface area contributed by atoms with E-state index in [0.29, 0.717) is 5.92 Å². The lowest BCUT2D eigenvalue weighted by Crippen LogP contribution is -2.38. The largest absolute Gasteiger partial charge is 0.339 e. The molecule has 0 unspecified atom stereocenters. The monoisotopic (exact) mass is 379 g/mol. The van der Waals surface area contributed by atoms with E-state index < -0.39 is 0 Å². The highest BCUT2D eigenvalue weighted by Crippen LogP contribution is 2.28. The van der Waals surface area contributed by atoms with Crippen LogP contribution >= 0.6 is 0 Å². The number of nitrogens with zero attached hydrogens (tertiary/aromatic N) is 4. The Bertz CT molecular complexity index is 833. The smallest absolute Gasteiger partial charge is 0.246 e. The summed E-state index contributed by atoms with van der Waals surface area (Å²) in [6, 6.07) is 10.0. The van der Waals surface area contributed by atoms with Crippen LogP contribution in [0.25, 0.3) is 0 Å². The zero-order valence-electron chi connectivity index (χ0n) is 16.9. The van der Waals surface area contributed by atoms with Gasteiger partial charge in [0, 0.05) is 43.5 Å². The van der Waals surface area contributed by atoms with Gasteiger partial charge in [0.15, 0.2) is 0 Å². The molecule has 28 heavy (non-hydrogen) atoms. The summed E-state index contributed by atoms with van der Waals surface area (Å²) in [6.07, 6.45) is 7.55. The van der Waals surface area contributed by atoms with E-state index in [9.17, 15) is 4.79 Å². The van der Waals surface area contributed by atoms with Crippen LogP contribution in [-0.2, 0) is 4.79 Å². The van der Waals surface area contributed by atoms with Crippen molar-refractivity contribution in [1.82, 2.24) is 19.8 Å². The van der Waals surface area contributed by atoms with E-state index in [4.69, 9.17) is 0 Å². The fourth-order valence-corrected chi connectivity index (χ4v) is 3.43. The van der Waals surface area contributed by atoms with E-state index in [-0.39, 0.29) is 5.91 Å². The van der Waals surface area contributed by atoms with E-state index in [1.165, 1.54) is 5.56 Å². The van der Waals surface area contributed by atoms with Gasteiger partial charge in [-0.05, 0) is 63.7 Å². The minimum absolute atomic E-state index is 0.0999. The van der Waals surface area contributed by atoms with Crippen LogP contribution in [0.3, 0.4) is 0 Å². The first-order valence-electron chi connectivity index (χ1n) is 9.78. The summed E-state index contributed by atoms with van der Waals surface area (Å²) in [5, 5.41) is 3.28. The Labute approximate surface area is 167 Å². The number of pyridine rings is 2. The number of carbonyl (C=O) groups is 1. The lowest BCUT2D eigenvalue weighted by Gasteiger charge is -2.32. The van der Waals surface area contributed by atoms with Crippen molar-refractivity contribution < 1.29 is 4.79 Å². The predicted octanol–water partition coefficient (Wildman–Crippen LogP) is 3.35. The Balaban J connectivity index is 1.66. The maximum absolute atomic E-state index is 12.5. The third-order valence-corrected chi connectivity index (χ3v) is 4.86. The van der Waals surface area contributed by atoms with Gasteiger partial charge in [-0.1, -0.05) is 12.1 Å². The van der Waals surface area contributed by atoms with Crippen LogP contribution in [0.5, 0.6) is 0 Å². The number of aromatic nitrogens is 2. The van der Waals surface area contributed by atoms with E-state index in [2.05, 4.69) is 27.4 Å². The first-order valence-corrected chi connectivity index (χ1v) is 9.78. The van der Waals surface area contributed by atoms with Crippen LogP contribution in [0.2, 0.25) is 0 Å². The summed E-state index contributed by atoms with van der Waals surface area (Å²) in [5.74, 6) is 2.00. The van der Waals surface area contributed by atoms with E-state index in [0.717, 1.165) is 49.8 Å². The summed E-state index contributed by atoms with van der Waals surface area (Å²) >= 11 is 0. The summed E-state index contributed by atoms with van der Waals surface area (Å²) in [6.45, 7) is 4.31. The maximum atomic E-state index is 12.5. The summed E-state index contributed by atoms with van der Waals surface area (Å²) in [7, 11) is 3.99. The van der Waals surface area contributed by atoms with Crippen molar-refractivity contribution in [3.63, 3.8) is 0 Å². The molecule has 0 aromatic carbocycles. The van der Waals surface area contributed by atoms with Crippen molar-refractivity contribution in [3.05, 3.63) is 59.9 Å². The number of anilines is 2. The van der Waals surface area contributed by atoms with Gasteiger partial charge < -0.3 is 15.1 Å². The molecule has 1 N–H and O–H groups in total. The van der Waals surface area contributed by atoms with Crippen molar-refractivity contribution in [2.45, 2.75) is 25.7 Å². The van der Waals surface area contributed by atoms with Crippen molar-refractivity contribution in [3.8, 4) is 0 Å². The van der Waals surface area contributed by atoms with Gasteiger partial charge in [-0.15, -0.1) is 0 Å². The highest BCUT2D eigenvalue weighted by Gasteiger charge is 2.24. The fourth-order valence-electron chi connectivity index (χ4n) is 3.43. The van der Waals surface area contributed by atoms with E-state index in [1.54, 1.807) is 6.08 Å². The van der Waals surface area contributed by atoms with Gasteiger partial charge in [-0.2, -0.15) is 0 Å². The van der Waals surface area contributed by atoms with Gasteiger partial charge in [-0.3, -0.25) is 4.79 Å². The minimum atomic E-state index is 0.0999. The minimum Gasteiger partial charge on any atom is -0.339 e. The van der Waals surface area contributed by atoms with Crippen LogP contribution in [0.15, 0.2) is 48.7 Å². The average Bonchev–Trinajstić information content (AvgIpc) is 2.68. The van der Waals surface area contributed by atoms with Gasteiger partial charge in [0.2, 0.25) is 5.91 Å². The number of hydrogen-bond acceptors (Lipinski definition) is 5. The van der Waals surface area contributed by atoms with Crippen molar-refractivity contribution in [2.75, 3.05) is 39.0 Å². The third-order valence-electron chi connectivity index (χ3n) is 4.86. The van der Waals surface area contributed by atoms with Crippen LogP contribution in [-0.4, -0.2) is 59.4 Å². The highest BCUT2D eigenvalue weighted by atomic mass is 16.2. The lowest BCUT2D eigenvalue weighted by molar-refractivity contribution is -0.127. The molecule has 1 amide bonds. The number of hydrogen-bond donors (Lipinski definition) is 1.